The van der Waals surface area contributed by atoms with E-state index >= 15 is 0 Å². The van der Waals surface area contributed by atoms with Crippen LogP contribution in [0.2, 0.25) is 0 Å². The second-order valence-electron chi connectivity index (χ2n) is 3.50. The molecule has 0 aliphatic carbocycles. The van der Waals surface area contributed by atoms with Crippen molar-refractivity contribution in [1.82, 2.24) is 10.2 Å². The van der Waals surface area contributed by atoms with Gasteiger partial charge in [0.05, 0.1) is 0 Å². The van der Waals surface area contributed by atoms with Gasteiger partial charge in [0.25, 0.3) is 0 Å². The largest absolute Gasteiger partial charge is 0.454 e. The van der Waals surface area contributed by atoms with Crippen molar-refractivity contribution in [3.05, 3.63) is 34.5 Å². The number of benzene rings is 1. The van der Waals surface area contributed by atoms with Gasteiger partial charge in [0.15, 0.2) is 11.0 Å². The first-order valence-corrected chi connectivity index (χ1v) is 4.87. The van der Waals surface area contributed by atoms with E-state index in [4.69, 9.17) is 4.42 Å². The molecule has 5 nitrogen and oxygen atoms in total. The second kappa shape index (κ2) is 3.10. The number of fused-ring (bicyclic) bond motifs is 3. The van der Waals surface area contributed by atoms with E-state index in [0.29, 0.717) is 17.0 Å². The Morgan fingerprint density at radius 1 is 1.31 bits per heavy atom. The number of nitrogens with zero attached hydrogens (tertiary/aromatic N) is 1. The molecule has 2 heterocycles. The van der Waals surface area contributed by atoms with Gasteiger partial charge in [0.2, 0.25) is 0 Å². The summed E-state index contributed by atoms with van der Waals surface area (Å²) in [5, 5.41) is 10.8. The fourth-order valence-corrected chi connectivity index (χ4v) is 1.71. The molecule has 0 aliphatic heterocycles. The van der Waals surface area contributed by atoms with Crippen LogP contribution in [0.25, 0.3) is 22.1 Å². The number of anilines is 1. The Morgan fingerprint density at radius 2 is 2.19 bits per heavy atom. The molecule has 2 N–H and O–H groups in total. The topological polar surface area (TPSA) is 70.9 Å². The molecule has 0 bridgehead atoms. The zero-order valence-corrected chi connectivity index (χ0v) is 8.57. The third kappa shape index (κ3) is 1.18. The van der Waals surface area contributed by atoms with E-state index in [2.05, 4.69) is 15.5 Å². The van der Waals surface area contributed by atoms with Crippen molar-refractivity contribution in [3.8, 4) is 0 Å². The van der Waals surface area contributed by atoms with E-state index in [9.17, 15) is 4.79 Å². The van der Waals surface area contributed by atoms with E-state index in [1.807, 2.05) is 0 Å². The predicted octanol–water partition coefficient (Wildman–Crippen LogP) is 1.71. The first-order valence-electron chi connectivity index (χ1n) is 4.87. The van der Waals surface area contributed by atoms with E-state index in [1.54, 1.807) is 19.2 Å². The van der Waals surface area contributed by atoms with Gasteiger partial charge in [-0.05, 0) is 12.1 Å². The summed E-state index contributed by atoms with van der Waals surface area (Å²) >= 11 is 0. The molecule has 0 amide bonds. The highest BCUT2D eigenvalue weighted by molar-refractivity contribution is 6.02. The van der Waals surface area contributed by atoms with Crippen LogP contribution < -0.4 is 10.7 Å². The van der Waals surface area contributed by atoms with E-state index in [0.717, 1.165) is 10.9 Å². The van der Waals surface area contributed by atoms with Crippen molar-refractivity contribution >= 4 is 27.9 Å². The van der Waals surface area contributed by atoms with Gasteiger partial charge in [-0.1, -0.05) is 0 Å². The summed E-state index contributed by atoms with van der Waals surface area (Å²) in [5.74, 6) is 0.689. The molecule has 0 saturated heterocycles. The number of aromatic amines is 1. The van der Waals surface area contributed by atoms with Crippen LogP contribution in [0.5, 0.6) is 0 Å². The van der Waals surface area contributed by atoms with E-state index in [1.165, 1.54) is 12.1 Å². The monoisotopic (exact) mass is 215 g/mol. The van der Waals surface area contributed by atoms with Crippen molar-refractivity contribution in [3.63, 3.8) is 0 Å². The molecule has 0 aliphatic rings. The van der Waals surface area contributed by atoms with Crippen LogP contribution in [0.4, 0.5) is 5.82 Å². The normalized spacial score (nSPS) is 11.1. The Balaban J connectivity index is 2.45. The third-order valence-corrected chi connectivity index (χ3v) is 2.50. The first-order chi connectivity index (χ1) is 7.78. The van der Waals surface area contributed by atoms with Crippen LogP contribution >= 0.6 is 0 Å². The zero-order valence-electron chi connectivity index (χ0n) is 8.57. The summed E-state index contributed by atoms with van der Waals surface area (Å²) in [7, 11) is 1.78. The minimum atomic E-state index is -0.0617. The maximum atomic E-state index is 11.2. The summed E-state index contributed by atoms with van der Waals surface area (Å²) in [4.78, 5) is 11.2. The maximum Gasteiger partial charge on any atom is 0.182 e. The smallest absolute Gasteiger partial charge is 0.182 e. The van der Waals surface area contributed by atoms with Crippen LogP contribution in [0.1, 0.15) is 0 Å². The van der Waals surface area contributed by atoms with Crippen LogP contribution in [0.3, 0.4) is 0 Å². The Labute approximate surface area is 90.1 Å². The molecule has 0 saturated carbocycles. The Bertz CT molecular complexity index is 727. The zero-order chi connectivity index (χ0) is 11.1. The number of hydrogen-bond acceptors (Lipinski definition) is 4. The molecule has 3 rings (SSSR count). The van der Waals surface area contributed by atoms with Crippen molar-refractivity contribution in [2.24, 2.45) is 0 Å². The SMILES string of the molecule is CNc1cc2oc3cc(=O)ccc3c2[nH]n1. The second-order valence-corrected chi connectivity index (χ2v) is 3.50. The quantitative estimate of drug-likeness (QED) is 0.648. The maximum absolute atomic E-state index is 11.2. The van der Waals surface area contributed by atoms with Gasteiger partial charge in [-0.3, -0.25) is 9.89 Å². The predicted molar refractivity (Wildman–Crippen MR) is 61.7 cm³/mol. The minimum Gasteiger partial charge on any atom is -0.454 e. The number of furan rings is 1. The van der Waals surface area contributed by atoms with Crippen molar-refractivity contribution < 1.29 is 4.42 Å². The Hall–Kier alpha value is -2.30. The molecule has 3 aromatic rings. The molecule has 0 fully saturated rings. The lowest BCUT2D eigenvalue weighted by Gasteiger charge is -1.96. The van der Waals surface area contributed by atoms with Crippen LogP contribution in [-0.4, -0.2) is 17.2 Å². The Morgan fingerprint density at radius 3 is 3.00 bits per heavy atom. The molecule has 1 aromatic carbocycles. The van der Waals surface area contributed by atoms with Crippen molar-refractivity contribution in [2.75, 3.05) is 12.4 Å². The van der Waals surface area contributed by atoms with E-state index < -0.39 is 0 Å². The lowest BCUT2D eigenvalue weighted by Crippen LogP contribution is -1.94. The molecule has 0 radical (unpaired) electrons. The molecule has 0 atom stereocenters. The highest BCUT2D eigenvalue weighted by Crippen LogP contribution is 2.26. The number of nitrogens with one attached hydrogen (secondary N) is 2. The fourth-order valence-electron chi connectivity index (χ4n) is 1.71. The summed E-state index contributed by atoms with van der Waals surface area (Å²) < 4.78 is 5.56. The van der Waals surface area contributed by atoms with Crippen molar-refractivity contribution in [1.29, 1.82) is 0 Å². The number of aromatic nitrogens is 2. The van der Waals surface area contributed by atoms with Gasteiger partial charge in [0, 0.05) is 24.6 Å². The lowest BCUT2D eigenvalue weighted by atomic mass is 10.2. The molecular weight excluding hydrogens is 206 g/mol. The summed E-state index contributed by atoms with van der Waals surface area (Å²) in [6.07, 6.45) is 0. The van der Waals surface area contributed by atoms with Gasteiger partial charge in [-0.25, -0.2) is 0 Å². The minimum absolute atomic E-state index is 0.0617. The van der Waals surface area contributed by atoms with Gasteiger partial charge in [-0.15, -0.1) is 0 Å². The van der Waals surface area contributed by atoms with E-state index in [-0.39, 0.29) is 5.43 Å². The van der Waals surface area contributed by atoms with Crippen molar-refractivity contribution in [2.45, 2.75) is 0 Å². The number of rotatable bonds is 1. The molecule has 16 heavy (non-hydrogen) atoms. The molecule has 80 valence electrons. The number of hydrogen-bond donors (Lipinski definition) is 2. The summed E-state index contributed by atoms with van der Waals surface area (Å²) in [6, 6.07) is 6.51. The molecule has 5 heteroatoms. The number of H-pyrrole nitrogens is 1. The first kappa shape index (κ1) is 8.96. The fraction of sp³-hybridized carbons (Fsp3) is 0.0909. The molecule has 2 aromatic heterocycles. The molecular formula is C11H9N3O2. The van der Waals surface area contributed by atoms with Gasteiger partial charge in [-0.2, -0.15) is 5.10 Å². The van der Waals surface area contributed by atoms with Gasteiger partial charge < -0.3 is 9.73 Å². The third-order valence-electron chi connectivity index (χ3n) is 2.50. The average Bonchev–Trinajstić information content (AvgIpc) is 2.64. The van der Waals surface area contributed by atoms with Crippen LogP contribution in [0, 0.1) is 0 Å². The molecule has 0 unspecified atom stereocenters. The Kier molecular flexibility index (Phi) is 1.73. The van der Waals surface area contributed by atoms with Crippen LogP contribution in [-0.2, 0) is 0 Å². The standard InChI is InChI=1S/C11H9N3O2/c1-12-10-5-9-11(14-13-10)7-3-2-6(15)4-8(7)16-9/h2-5,14H,1H3,(H,12,13). The van der Waals surface area contributed by atoms with Gasteiger partial charge in [0.1, 0.15) is 16.9 Å². The molecule has 0 spiro atoms. The average molecular weight is 215 g/mol. The highest BCUT2D eigenvalue weighted by Gasteiger charge is 2.08. The lowest BCUT2D eigenvalue weighted by molar-refractivity contribution is 0.667. The highest BCUT2D eigenvalue weighted by atomic mass is 16.3. The summed E-state index contributed by atoms with van der Waals surface area (Å²) in [6.45, 7) is 0. The van der Waals surface area contributed by atoms with Gasteiger partial charge >= 0.3 is 0 Å². The van der Waals surface area contributed by atoms with Crippen LogP contribution in [0.15, 0.2) is 33.5 Å². The summed E-state index contributed by atoms with van der Waals surface area (Å²) in [5.41, 5.74) is 2.00.